The molecule has 139 valence electrons. The van der Waals surface area contributed by atoms with Crippen LogP contribution >= 0.6 is 0 Å². The highest BCUT2D eigenvalue weighted by Gasteiger charge is 2.16. The molecule has 0 saturated heterocycles. The number of methoxy groups -OCH3 is 2. The standard InChI is InChI=1S/C25H27O2/c1-6-7-21-16-24(19-8-12-22(26-4)13-9-19)18(3)25(17(21)2)20-10-14-23(27-5)15-11-20/h8-15H,6-7H2,1-5H3. The van der Waals surface area contributed by atoms with Gasteiger partial charge in [-0.25, -0.2) is 0 Å². The molecule has 1 radical (unpaired) electrons. The molecule has 0 amide bonds. The maximum absolute atomic E-state index is 5.32. The van der Waals surface area contributed by atoms with Crippen LogP contribution in [-0.4, -0.2) is 14.2 Å². The summed E-state index contributed by atoms with van der Waals surface area (Å²) in [6.07, 6.45) is 2.13. The van der Waals surface area contributed by atoms with Gasteiger partial charge in [-0.3, -0.25) is 0 Å². The number of hydrogen-bond donors (Lipinski definition) is 0. The molecule has 0 aliphatic heterocycles. The van der Waals surface area contributed by atoms with Crippen molar-refractivity contribution in [3.63, 3.8) is 0 Å². The summed E-state index contributed by atoms with van der Waals surface area (Å²) in [5.41, 5.74) is 8.70. The van der Waals surface area contributed by atoms with Crippen LogP contribution in [0.3, 0.4) is 0 Å². The summed E-state index contributed by atoms with van der Waals surface area (Å²) >= 11 is 0. The van der Waals surface area contributed by atoms with Crippen LogP contribution in [0.25, 0.3) is 22.3 Å². The Morgan fingerprint density at radius 3 is 1.74 bits per heavy atom. The van der Waals surface area contributed by atoms with Gasteiger partial charge in [0.1, 0.15) is 11.5 Å². The predicted octanol–water partition coefficient (Wildman–Crippen LogP) is 6.41. The first-order valence-corrected chi connectivity index (χ1v) is 9.43. The molecule has 0 aliphatic rings. The number of benzene rings is 3. The van der Waals surface area contributed by atoms with Crippen molar-refractivity contribution in [2.24, 2.45) is 0 Å². The molecule has 0 bridgehead atoms. The Hall–Kier alpha value is -2.74. The molecule has 27 heavy (non-hydrogen) atoms. The van der Waals surface area contributed by atoms with Gasteiger partial charge in [-0.15, -0.1) is 0 Å². The van der Waals surface area contributed by atoms with Gasteiger partial charge in [0.15, 0.2) is 0 Å². The Labute approximate surface area is 162 Å². The highest BCUT2D eigenvalue weighted by molar-refractivity contribution is 5.81. The Kier molecular flexibility index (Phi) is 5.85. The van der Waals surface area contributed by atoms with Crippen LogP contribution in [-0.2, 0) is 6.42 Å². The number of hydrogen-bond acceptors (Lipinski definition) is 2. The zero-order valence-electron chi connectivity index (χ0n) is 16.8. The maximum Gasteiger partial charge on any atom is 0.118 e. The van der Waals surface area contributed by atoms with Crippen LogP contribution in [0.2, 0.25) is 0 Å². The largest absolute Gasteiger partial charge is 0.497 e. The predicted molar refractivity (Wildman–Crippen MR) is 113 cm³/mol. The summed E-state index contributed by atoms with van der Waals surface area (Å²) in [6.45, 7) is 6.62. The van der Waals surface area contributed by atoms with Crippen LogP contribution in [0.1, 0.15) is 30.0 Å². The van der Waals surface area contributed by atoms with Gasteiger partial charge in [0.2, 0.25) is 0 Å². The van der Waals surface area contributed by atoms with Crippen molar-refractivity contribution < 1.29 is 9.47 Å². The first-order valence-electron chi connectivity index (χ1n) is 9.43. The average Bonchev–Trinajstić information content (AvgIpc) is 2.71. The van der Waals surface area contributed by atoms with Crippen molar-refractivity contribution >= 4 is 0 Å². The third-order valence-electron chi connectivity index (χ3n) is 5.11. The summed E-state index contributed by atoms with van der Waals surface area (Å²) in [5, 5.41) is 0. The van der Waals surface area contributed by atoms with Gasteiger partial charge in [0, 0.05) is 0 Å². The van der Waals surface area contributed by atoms with E-state index < -0.39 is 0 Å². The molecule has 0 fully saturated rings. The summed E-state index contributed by atoms with van der Waals surface area (Å²) in [6, 6.07) is 20.3. The van der Waals surface area contributed by atoms with Crippen molar-refractivity contribution in [3.05, 3.63) is 71.3 Å². The van der Waals surface area contributed by atoms with Gasteiger partial charge in [0.05, 0.1) is 14.2 Å². The van der Waals surface area contributed by atoms with E-state index in [0.717, 1.165) is 29.9 Å². The minimum absolute atomic E-state index is 0.868. The van der Waals surface area contributed by atoms with Crippen LogP contribution in [0, 0.1) is 19.9 Å². The number of ether oxygens (including phenoxy) is 2. The summed E-state index contributed by atoms with van der Waals surface area (Å²) < 4.78 is 10.6. The minimum Gasteiger partial charge on any atom is -0.497 e. The molecule has 0 unspecified atom stereocenters. The summed E-state index contributed by atoms with van der Waals surface area (Å²) in [5.74, 6) is 1.74. The lowest BCUT2D eigenvalue weighted by atomic mass is 9.85. The first kappa shape index (κ1) is 19.0. The fraction of sp³-hybridized carbons (Fsp3) is 0.280. The molecule has 0 saturated carbocycles. The Bertz CT molecular complexity index is 907. The van der Waals surface area contributed by atoms with Crippen LogP contribution in [0.4, 0.5) is 0 Å². The smallest absolute Gasteiger partial charge is 0.118 e. The van der Waals surface area contributed by atoms with Crippen LogP contribution in [0.5, 0.6) is 11.5 Å². The molecule has 3 rings (SSSR count). The fourth-order valence-electron chi connectivity index (χ4n) is 3.63. The molecular weight excluding hydrogens is 332 g/mol. The van der Waals surface area contributed by atoms with Gasteiger partial charge >= 0.3 is 0 Å². The molecule has 0 aromatic heterocycles. The normalized spacial score (nSPS) is 10.7. The van der Waals surface area contributed by atoms with Crippen molar-refractivity contribution in [2.75, 3.05) is 14.2 Å². The van der Waals surface area contributed by atoms with E-state index in [2.05, 4.69) is 51.1 Å². The second kappa shape index (κ2) is 8.30. The quantitative estimate of drug-likeness (QED) is 0.506. The molecule has 2 heteroatoms. The number of rotatable bonds is 6. The van der Waals surface area contributed by atoms with Gasteiger partial charge in [-0.1, -0.05) is 37.6 Å². The fourth-order valence-corrected chi connectivity index (χ4v) is 3.63. The topological polar surface area (TPSA) is 18.5 Å². The van der Waals surface area contributed by atoms with E-state index in [1.54, 1.807) is 14.2 Å². The van der Waals surface area contributed by atoms with E-state index in [4.69, 9.17) is 9.47 Å². The van der Waals surface area contributed by atoms with E-state index in [0.29, 0.717) is 0 Å². The van der Waals surface area contributed by atoms with E-state index in [9.17, 15) is 0 Å². The average molecular weight is 359 g/mol. The van der Waals surface area contributed by atoms with Crippen molar-refractivity contribution in [1.82, 2.24) is 0 Å². The molecule has 2 nitrogen and oxygen atoms in total. The van der Waals surface area contributed by atoms with Gasteiger partial charge in [-0.05, 0) is 89.5 Å². The lowest BCUT2D eigenvalue weighted by Gasteiger charge is -2.19. The Balaban J connectivity index is 2.19. The molecule has 0 heterocycles. The van der Waals surface area contributed by atoms with E-state index in [-0.39, 0.29) is 0 Å². The second-order valence-electron chi connectivity index (χ2n) is 6.81. The molecule has 0 atom stereocenters. The molecule has 3 aromatic rings. The highest BCUT2D eigenvalue weighted by atomic mass is 16.5. The van der Waals surface area contributed by atoms with Gasteiger partial charge < -0.3 is 9.47 Å². The first-order chi connectivity index (χ1) is 13.1. The highest BCUT2D eigenvalue weighted by Crippen LogP contribution is 2.37. The Morgan fingerprint density at radius 2 is 1.26 bits per heavy atom. The van der Waals surface area contributed by atoms with Crippen LogP contribution < -0.4 is 9.47 Å². The van der Waals surface area contributed by atoms with Crippen molar-refractivity contribution in [2.45, 2.75) is 33.6 Å². The lowest BCUT2D eigenvalue weighted by Crippen LogP contribution is -1.99. The zero-order chi connectivity index (χ0) is 19.4. The van der Waals surface area contributed by atoms with Crippen molar-refractivity contribution in [3.8, 4) is 33.8 Å². The summed E-state index contributed by atoms with van der Waals surface area (Å²) in [4.78, 5) is 0. The molecular formula is C25H27O2. The van der Waals surface area contributed by atoms with E-state index >= 15 is 0 Å². The maximum atomic E-state index is 5.32. The molecule has 3 aromatic carbocycles. The second-order valence-corrected chi connectivity index (χ2v) is 6.81. The SMILES string of the molecule is CCCc1[c]c(-c2ccc(OC)cc2)c(C)c(-c2ccc(OC)cc2)c1C. The molecule has 0 spiro atoms. The minimum atomic E-state index is 0.868. The third kappa shape index (κ3) is 3.85. The van der Waals surface area contributed by atoms with Gasteiger partial charge in [-0.2, -0.15) is 0 Å². The lowest BCUT2D eigenvalue weighted by molar-refractivity contribution is 0.415. The number of aryl methyl sites for hydroxylation is 1. The van der Waals surface area contributed by atoms with Crippen molar-refractivity contribution in [1.29, 1.82) is 0 Å². The van der Waals surface area contributed by atoms with Crippen LogP contribution in [0.15, 0.2) is 48.5 Å². The third-order valence-corrected chi connectivity index (χ3v) is 5.11. The zero-order valence-corrected chi connectivity index (χ0v) is 16.8. The van der Waals surface area contributed by atoms with E-state index in [1.807, 2.05) is 24.3 Å². The molecule has 0 N–H and O–H groups in total. The molecule has 0 aliphatic carbocycles. The Morgan fingerprint density at radius 1 is 0.741 bits per heavy atom. The monoisotopic (exact) mass is 359 g/mol. The summed E-state index contributed by atoms with van der Waals surface area (Å²) in [7, 11) is 3.39. The van der Waals surface area contributed by atoms with Gasteiger partial charge in [0.25, 0.3) is 0 Å². The van der Waals surface area contributed by atoms with E-state index in [1.165, 1.54) is 33.4 Å².